The standard InChI is InChI=1S/C16H20N2O/c1-17-16(12-7-10-19-11-8-12)14-4-2-6-15-13(14)5-3-9-18-15/h2-6,9,12,16-17H,7-8,10-11H2,1H3. The summed E-state index contributed by atoms with van der Waals surface area (Å²) < 4.78 is 5.48. The van der Waals surface area contributed by atoms with Crippen LogP contribution < -0.4 is 5.32 Å². The first-order chi connectivity index (χ1) is 9.40. The number of pyridine rings is 1. The Kier molecular flexibility index (Phi) is 3.76. The van der Waals surface area contributed by atoms with Crippen LogP contribution in [0.15, 0.2) is 36.5 Å². The van der Waals surface area contributed by atoms with E-state index in [1.165, 1.54) is 10.9 Å². The van der Waals surface area contributed by atoms with E-state index in [1.807, 2.05) is 12.3 Å². The van der Waals surface area contributed by atoms with Gasteiger partial charge in [-0.15, -0.1) is 0 Å². The van der Waals surface area contributed by atoms with Gasteiger partial charge in [0.2, 0.25) is 0 Å². The molecule has 1 saturated heterocycles. The van der Waals surface area contributed by atoms with Gasteiger partial charge in [-0.2, -0.15) is 0 Å². The van der Waals surface area contributed by atoms with Crippen molar-refractivity contribution in [3.63, 3.8) is 0 Å². The Morgan fingerprint density at radius 2 is 2.05 bits per heavy atom. The number of hydrogen-bond acceptors (Lipinski definition) is 3. The first kappa shape index (κ1) is 12.6. The summed E-state index contributed by atoms with van der Waals surface area (Å²) in [6, 6.07) is 11.0. The predicted molar refractivity (Wildman–Crippen MR) is 77.1 cm³/mol. The molecule has 3 rings (SSSR count). The lowest BCUT2D eigenvalue weighted by Gasteiger charge is -2.31. The number of hydrogen-bond donors (Lipinski definition) is 1. The summed E-state index contributed by atoms with van der Waals surface area (Å²) in [7, 11) is 2.05. The van der Waals surface area contributed by atoms with Crippen LogP contribution in [-0.4, -0.2) is 25.2 Å². The smallest absolute Gasteiger partial charge is 0.0705 e. The van der Waals surface area contributed by atoms with Gasteiger partial charge in [0, 0.05) is 30.8 Å². The summed E-state index contributed by atoms with van der Waals surface area (Å²) in [6.45, 7) is 1.76. The molecule has 0 bridgehead atoms. The maximum atomic E-state index is 5.48. The largest absolute Gasteiger partial charge is 0.381 e. The molecule has 0 saturated carbocycles. The van der Waals surface area contributed by atoms with E-state index >= 15 is 0 Å². The van der Waals surface area contributed by atoms with E-state index in [4.69, 9.17) is 4.74 Å². The Bertz CT molecular complexity index is 544. The van der Waals surface area contributed by atoms with E-state index in [2.05, 4.69) is 41.6 Å². The predicted octanol–water partition coefficient (Wildman–Crippen LogP) is 2.92. The molecule has 100 valence electrons. The van der Waals surface area contributed by atoms with E-state index in [0.29, 0.717) is 12.0 Å². The SMILES string of the molecule is CNC(c1cccc2ncccc12)C1CCOCC1. The number of nitrogens with one attached hydrogen (secondary N) is 1. The van der Waals surface area contributed by atoms with Crippen LogP contribution >= 0.6 is 0 Å². The highest BCUT2D eigenvalue weighted by Crippen LogP contribution is 2.33. The molecule has 0 radical (unpaired) electrons. The third-order valence-corrected chi connectivity index (χ3v) is 4.06. The van der Waals surface area contributed by atoms with Crippen LogP contribution in [0.4, 0.5) is 0 Å². The van der Waals surface area contributed by atoms with Gasteiger partial charge in [0.05, 0.1) is 5.52 Å². The molecule has 3 heteroatoms. The van der Waals surface area contributed by atoms with Gasteiger partial charge in [-0.3, -0.25) is 4.98 Å². The van der Waals surface area contributed by atoms with E-state index in [-0.39, 0.29) is 0 Å². The van der Waals surface area contributed by atoms with E-state index in [0.717, 1.165) is 31.6 Å². The van der Waals surface area contributed by atoms with Crippen LogP contribution in [0.5, 0.6) is 0 Å². The van der Waals surface area contributed by atoms with Crippen LogP contribution in [-0.2, 0) is 4.74 Å². The number of fused-ring (bicyclic) bond motifs is 1. The molecule has 2 aromatic rings. The van der Waals surface area contributed by atoms with Crippen LogP contribution in [0.25, 0.3) is 10.9 Å². The highest BCUT2D eigenvalue weighted by Gasteiger charge is 2.25. The Labute approximate surface area is 114 Å². The van der Waals surface area contributed by atoms with E-state index in [9.17, 15) is 0 Å². The number of nitrogens with zero attached hydrogens (tertiary/aromatic N) is 1. The van der Waals surface area contributed by atoms with Crippen molar-refractivity contribution in [2.45, 2.75) is 18.9 Å². The number of rotatable bonds is 3. The Hall–Kier alpha value is -1.45. The zero-order valence-electron chi connectivity index (χ0n) is 11.3. The Balaban J connectivity index is 2.00. The second kappa shape index (κ2) is 5.68. The molecular weight excluding hydrogens is 236 g/mol. The monoisotopic (exact) mass is 256 g/mol. The summed E-state index contributed by atoms with van der Waals surface area (Å²) >= 11 is 0. The zero-order chi connectivity index (χ0) is 13.1. The van der Waals surface area contributed by atoms with Gasteiger partial charge < -0.3 is 10.1 Å². The first-order valence-corrected chi connectivity index (χ1v) is 6.99. The summed E-state index contributed by atoms with van der Waals surface area (Å²) in [6.07, 6.45) is 4.11. The molecule has 3 nitrogen and oxygen atoms in total. The average molecular weight is 256 g/mol. The van der Waals surface area contributed by atoms with Crippen molar-refractivity contribution >= 4 is 10.9 Å². The molecule has 19 heavy (non-hydrogen) atoms. The highest BCUT2D eigenvalue weighted by molar-refractivity contribution is 5.82. The molecule has 1 N–H and O–H groups in total. The minimum Gasteiger partial charge on any atom is -0.381 e. The van der Waals surface area contributed by atoms with Gasteiger partial charge in [-0.25, -0.2) is 0 Å². The fourth-order valence-electron chi connectivity index (χ4n) is 3.09. The van der Waals surface area contributed by atoms with Crippen molar-refractivity contribution in [1.29, 1.82) is 0 Å². The summed E-state index contributed by atoms with van der Waals surface area (Å²) in [5.74, 6) is 0.643. The van der Waals surface area contributed by atoms with Crippen molar-refractivity contribution in [2.75, 3.05) is 20.3 Å². The average Bonchev–Trinajstić information content (AvgIpc) is 2.49. The summed E-state index contributed by atoms with van der Waals surface area (Å²) in [5, 5.41) is 4.76. The molecule has 1 aromatic carbocycles. The molecule has 1 aliphatic rings. The van der Waals surface area contributed by atoms with Crippen molar-refractivity contribution in [2.24, 2.45) is 5.92 Å². The normalized spacial score (nSPS) is 18.6. The Morgan fingerprint density at radius 3 is 2.84 bits per heavy atom. The number of aromatic nitrogens is 1. The van der Waals surface area contributed by atoms with E-state index in [1.54, 1.807) is 0 Å². The highest BCUT2D eigenvalue weighted by atomic mass is 16.5. The number of ether oxygens (including phenoxy) is 1. The lowest BCUT2D eigenvalue weighted by molar-refractivity contribution is 0.0548. The quantitative estimate of drug-likeness (QED) is 0.917. The zero-order valence-corrected chi connectivity index (χ0v) is 11.3. The van der Waals surface area contributed by atoms with Crippen LogP contribution in [0.3, 0.4) is 0 Å². The third kappa shape index (κ3) is 2.48. The van der Waals surface area contributed by atoms with Crippen molar-refractivity contribution in [1.82, 2.24) is 10.3 Å². The fraction of sp³-hybridized carbons (Fsp3) is 0.438. The second-order valence-electron chi connectivity index (χ2n) is 5.13. The molecule has 1 atom stereocenters. The van der Waals surface area contributed by atoms with Gasteiger partial charge in [0.25, 0.3) is 0 Å². The third-order valence-electron chi connectivity index (χ3n) is 4.06. The molecule has 0 amide bonds. The van der Waals surface area contributed by atoms with Crippen LogP contribution in [0.1, 0.15) is 24.4 Å². The molecule has 1 unspecified atom stereocenters. The van der Waals surface area contributed by atoms with Crippen LogP contribution in [0, 0.1) is 5.92 Å². The summed E-state index contributed by atoms with van der Waals surface area (Å²) in [5.41, 5.74) is 2.44. The first-order valence-electron chi connectivity index (χ1n) is 6.99. The molecule has 1 aliphatic heterocycles. The van der Waals surface area contributed by atoms with Gasteiger partial charge >= 0.3 is 0 Å². The number of benzene rings is 1. The molecule has 0 aliphatic carbocycles. The molecule has 2 heterocycles. The minimum atomic E-state index is 0.386. The van der Waals surface area contributed by atoms with Crippen molar-refractivity contribution in [3.05, 3.63) is 42.1 Å². The minimum absolute atomic E-state index is 0.386. The van der Waals surface area contributed by atoms with Crippen molar-refractivity contribution < 1.29 is 4.74 Å². The van der Waals surface area contributed by atoms with Crippen LogP contribution in [0.2, 0.25) is 0 Å². The molecule has 0 spiro atoms. The van der Waals surface area contributed by atoms with E-state index < -0.39 is 0 Å². The molecule has 1 aromatic heterocycles. The van der Waals surface area contributed by atoms with Gasteiger partial charge in [0.15, 0.2) is 0 Å². The lowest BCUT2D eigenvalue weighted by Crippen LogP contribution is -2.30. The maximum absolute atomic E-state index is 5.48. The van der Waals surface area contributed by atoms with Gasteiger partial charge in [0.1, 0.15) is 0 Å². The molecule has 1 fully saturated rings. The molecular formula is C16H20N2O. The maximum Gasteiger partial charge on any atom is 0.0705 e. The topological polar surface area (TPSA) is 34.2 Å². The Morgan fingerprint density at radius 1 is 1.21 bits per heavy atom. The van der Waals surface area contributed by atoms with Crippen molar-refractivity contribution in [3.8, 4) is 0 Å². The second-order valence-corrected chi connectivity index (χ2v) is 5.13. The summed E-state index contributed by atoms with van der Waals surface area (Å²) in [4.78, 5) is 4.45. The fourth-order valence-corrected chi connectivity index (χ4v) is 3.09. The van der Waals surface area contributed by atoms with Gasteiger partial charge in [-0.05, 0) is 43.5 Å². The lowest BCUT2D eigenvalue weighted by atomic mass is 9.85. The van der Waals surface area contributed by atoms with Gasteiger partial charge in [-0.1, -0.05) is 18.2 Å².